The molecule has 0 unspecified atom stereocenters. The summed E-state index contributed by atoms with van der Waals surface area (Å²) >= 11 is 3.56. The minimum atomic E-state index is -0.255. The van der Waals surface area contributed by atoms with Crippen LogP contribution >= 0.6 is 15.9 Å². The third-order valence-electron chi connectivity index (χ3n) is 5.01. The van der Waals surface area contributed by atoms with Crippen molar-refractivity contribution < 1.29 is 19.1 Å². The summed E-state index contributed by atoms with van der Waals surface area (Å²) in [5.41, 5.74) is 3.95. The van der Waals surface area contributed by atoms with E-state index in [0.717, 1.165) is 5.56 Å². The molecule has 31 heavy (non-hydrogen) atoms. The fourth-order valence-electron chi connectivity index (χ4n) is 3.60. The zero-order valence-electron chi connectivity index (χ0n) is 17.3. The molecule has 0 aromatic heterocycles. The summed E-state index contributed by atoms with van der Waals surface area (Å²) in [7, 11) is 0. The zero-order chi connectivity index (χ0) is 22.0. The summed E-state index contributed by atoms with van der Waals surface area (Å²) in [5.74, 6) is 0.619. The molecular weight excluding hydrogens is 456 g/mol. The van der Waals surface area contributed by atoms with Crippen LogP contribution in [0.5, 0.6) is 11.5 Å². The SMILES string of the molecule is CCOc1cc(C=C2C(=O)c3ccccc3C2=O)cc(Br)c1OCc1cccc(C)c1. The number of Topliss-reactive ketones (excluding diaryl/α,β-unsaturated/α-hetero) is 2. The molecule has 4 rings (SSSR count). The molecule has 5 heteroatoms. The maximum atomic E-state index is 12.7. The number of ether oxygens (including phenoxy) is 2. The Hall–Kier alpha value is -3.18. The second-order valence-corrected chi connectivity index (χ2v) is 8.16. The highest BCUT2D eigenvalue weighted by Gasteiger charge is 2.32. The van der Waals surface area contributed by atoms with Gasteiger partial charge in [-0.25, -0.2) is 0 Å². The van der Waals surface area contributed by atoms with Gasteiger partial charge in [0.2, 0.25) is 0 Å². The molecule has 4 nitrogen and oxygen atoms in total. The quantitative estimate of drug-likeness (QED) is 0.314. The van der Waals surface area contributed by atoms with Crippen LogP contribution in [0, 0.1) is 6.92 Å². The minimum absolute atomic E-state index is 0.156. The summed E-state index contributed by atoms with van der Waals surface area (Å²) in [5, 5.41) is 0. The molecule has 0 bridgehead atoms. The van der Waals surface area contributed by atoms with Crippen molar-refractivity contribution in [3.05, 3.63) is 98.5 Å². The molecule has 0 saturated heterocycles. The van der Waals surface area contributed by atoms with Gasteiger partial charge in [-0.05, 0) is 59.1 Å². The second-order valence-electron chi connectivity index (χ2n) is 7.30. The number of hydrogen-bond donors (Lipinski definition) is 0. The summed E-state index contributed by atoms with van der Waals surface area (Å²) in [6.45, 7) is 4.78. The molecule has 0 heterocycles. The van der Waals surface area contributed by atoms with Crippen LogP contribution in [0.1, 0.15) is 44.3 Å². The van der Waals surface area contributed by atoms with Crippen LogP contribution < -0.4 is 9.47 Å². The number of ketones is 2. The van der Waals surface area contributed by atoms with Crippen molar-refractivity contribution in [1.82, 2.24) is 0 Å². The van der Waals surface area contributed by atoms with Crippen molar-refractivity contribution in [3.63, 3.8) is 0 Å². The molecule has 0 aliphatic heterocycles. The van der Waals surface area contributed by atoms with Crippen molar-refractivity contribution in [2.45, 2.75) is 20.5 Å². The van der Waals surface area contributed by atoms with E-state index in [2.05, 4.69) is 22.0 Å². The summed E-state index contributed by atoms with van der Waals surface area (Å²) < 4.78 is 12.5. The van der Waals surface area contributed by atoms with Gasteiger partial charge in [-0.1, -0.05) is 54.1 Å². The molecule has 156 valence electrons. The van der Waals surface area contributed by atoms with E-state index in [0.29, 0.717) is 45.9 Å². The standard InChI is InChI=1S/C26H21BrO4/c1-3-30-23-14-18(12-21-24(28)19-9-4-5-10-20(19)25(21)29)13-22(27)26(23)31-15-17-8-6-7-16(2)11-17/h4-14H,3,15H2,1-2H3. The Labute approximate surface area is 189 Å². The van der Waals surface area contributed by atoms with E-state index in [1.165, 1.54) is 5.56 Å². The van der Waals surface area contributed by atoms with E-state index in [-0.39, 0.29) is 17.1 Å². The number of halogens is 1. The van der Waals surface area contributed by atoms with Gasteiger partial charge in [0.15, 0.2) is 23.1 Å². The minimum Gasteiger partial charge on any atom is -0.490 e. The van der Waals surface area contributed by atoms with Crippen LogP contribution in [0.25, 0.3) is 6.08 Å². The van der Waals surface area contributed by atoms with E-state index in [9.17, 15) is 9.59 Å². The molecule has 3 aromatic carbocycles. The van der Waals surface area contributed by atoms with E-state index < -0.39 is 0 Å². The molecule has 0 atom stereocenters. The van der Waals surface area contributed by atoms with Gasteiger partial charge in [-0.15, -0.1) is 0 Å². The number of allylic oxidation sites excluding steroid dienone is 1. The van der Waals surface area contributed by atoms with Gasteiger partial charge in [0, 0.05) is 11.1 Å². The summed E-state index contributed by atoms with van der Waals surface area (Å²) in [6.07, 6.45) is 1.61. The monoisotopic (exact) mass is 476 g/mol. The van der Waals surface area contributed by atoms with E-state index in [1.54, 1.807) is 36.4 Å². The molecule has 0 saturated carbocycles. The average molecular weight is 477 g/mol. The topological polar surface area (TPSA) is 52.6 Å². The Morgan fingerprint density at radius 1 is 0.903 bits per heavy atom. The molecular formula is C26H21BrO4. The van der Waals surface area contributed by atoms with Gasteiger partial charge in [0.25, 0.3) is 0 Å². The highest BCUT2D eigenvalue weighted by Crippen LogP contribution is 2.39. The maximum Gasteiger partial charge on any atom is 0.197 e. The predicted molar refractivity (Wildman–Crippen MR) is 124 cm³/mol. The lowest BCUT2D eigenvalue weighted by molar-refractivity contribution is 0.0990. The van der Waals surface area contributed by atoms with Crippen LogP contribution in [-0.4, -0.2) is 18.2 Å². The van der Waals surface area contributed by atoms with E-state index >= 15 is 0 Å². The van der Waals surface area contributed by atoms with Crippen LogP contribution in [0.15, 0.2) is 70.7 Å². The first-order valence-corrected chi connectivity index (χ1v) is 10.8. The van der Waals surface area contributed by atoms with Gasteiger partial charge in [-0.3, -0.25) is 9.59 Å². The van der Waals surface area contributed by atoms with Gasteiger partial charge in [0.1, 0.15) is 6.61 Å². The second kappa shape index (κ2) is 8.90. The number of rotatable bonds is 6. The Morgan fingerprint density at radius 2 is 1.61 bits per heavy atom. The summed E-state index contributed by atoms with van der Waals surface area (Å²) in [6, 6.07) is 18.6. The molecule has 0 amide bonds. The number of carbonyl (C=O) groups excluding carboxylic acids is 2. The molecule has 0 fully saturated rings. The molecule has 1 aliphatic rings. The number of benzene rings is 3. The lowest BCUT2D eigenvalue weighted by Crippen LogP contribution is -2.02. The Morgan fingerprint density at radius 3 is 2.26 bits per heavy atom. The fraction of sp³-hybridized carbons (Fsp3) is 0.154. The highest BCUT2D eigenvalue weighted by atomic mass is 79.9. The number of fused-ring (bicyclic) bond motifs is 1. The van der Waals surface area contributed by atoms with Crippen molar-refractivity contribution in [2.24, 2.45) is 0 Å². The predicted octanol–water partition coefficient (Wildman–Crippen LogP) is 6.20. The van der Waals surface area contributed by atoms with Gasteiger partial charge in [0.05, 0.1) is 16.7 Å². The van der Waals surface area contributed by atoms with Crippen LogP contribution in [0.3, 0.4) is 0 Å². The number of carbonyl (C=O) groups is 2. The molecule has 0 spiro atoms. The Bertz CT molecular complexity index is 1170. The van der Waals surface area contributed by atoms with Crippen molar-refractivity contribution in [1.29, 1.82) is 0 Å². The molecule has 1 aliphatic carbocycles. The Kier molecular flexibility index (Phi) is 6.05. The molecule has 0 radical (unpaired) electrons. The molecule has 3 aromatic rings. The average Bonchev–Trinajstić information content (AvgIpc) is 2.99. The van der Waals surface area contributed by atoms with Gasteiger partial charge in [-0.2, -0.15) is 0 Å². The first kappa shape index (κ1) is 21.1. The van der Waals surface area contributed by atoms with E-state index in [1.807, 2.05) is 38.1 Å². The van der Waals surface area contributed by atoms with Gasteiger partial charge >= 0.3 is 0 Å². The van der Waals surface area contributed by atoms with E-state index in [4.69, 9.17) is 9.47 Å². The Balaban J connectivity index is 1.65. The van der Waals surface area contributed by atoms with Crippen molar-refractivity contribution >= 4 is 33.6 Å². The number of aryl methyl sites for hydroxylation is 1. The first-order valence-electron chi connectivity index (χ1n) is 10.0. The number of hydrogen-bond acceptors (Lipinski definition) is 4. The normalized spacial score (nSPS) is 12.7. The van der Waals surface area contributed by atoms with Crippen molar-refractivity contribution in [2.75, 3.05) is 6.61 Å². The van der Waals surface area contributed by atoms with Crippen LogP contribution in [0.4, 0.5) is 0 Å². The van der Waals surface area contributed by atoms with Crippen LogP contribution in [0.2, 0.25) is 0 Å². The smallest absolute Gasteiger partial charge is 0.197 e. The fourth-order valence-corrected chi connectivity index (χ4v) is 4.18. The highest BCUT2D eigenvalue weighted by molar-refractivity contribution is 9.10. The lowest BCUT2D eigenvalue weighted by Gasteiger charge is -2.15. The third-order valence-corrected chi connectivity index (χ3v) is 5.60. The van der Waals surface area contributed by atoms with Gasteiger partial charge < -0.3 is 9.47 Å². The maximum absolute atomic E-state index is 12.7. The lowest BCUT2D eigenvalue weighted by atomic mass is 10.1. The summed E-state index contributed by atoms with van der Waals surface area (Å²) in [4.78, 5) is 25.4. The third kappa shape index (κ3) is 4.32. The zero-order valence-corrected chi connectivity index (χ0v) is 18.9. The molecule has 0 N–H and O–H groups in total. The first-order chi connectivity index (χ1) is 15.0. The largest absolute Gasteiger partial charge is 0.490 e. The van der Waals surface area contributed by atoms with Crippen LogP contribution in [-0.2, 0) is 6.61 Å². The van der Waals surface area contributed by atoms with Crippen molar-refractivity contribution in [3.8, 4) is 11.5 Å².